The molecule has 23 heavy (non-hydrogen) atoms. The van der Waals surface area contributed by atoms with Gasteiger partial charge in [0.25, 0.3) is 0 Å². The van der Waals surface area contributed by atoms with Crippen LogP contribution in [0.15, 0.2) is 6.08 Å². The van der Waals surface area contributed by atoms with Gasteiger partial charge in [-0.25, -0.2) is 0 Å². The van der Waals surface area contributed by atoms with Gasteiger partial charge in [0.05, 0.1) is 12.2 Å². The maximum Gasteiger partial charge on any atom is 0.244 e. The van der Waals surface area contributed by atoms with Crippen LogP contribution in [0, 0.1) is 6.92 Å². The van der Waals surface area contributed by atoms with E-state index >= 15 is 0 Å². The Labute approximate surface area is 142 Å². The molecular formula is C16H25ClN4O2. The fourth-order valence-electron chi connectivity index (χ4n) is 1.97. The minimum atomic E-state index is -0.347. The molecule has 0 spiro atoms. The van der Waals surface area contributed by atoms with Crippen LogP contribution in [0.2, 0.25) is 5.15 Å². The van der Waals surface area contributed by atoms with Gasteiger partial charge in [0.15, 0.2) is 0 Å². The van der Waals surface area contributed by atoms with Gasteiger partial charge in [0.2, 0.25) is 11.8 Å². The molecule has 0 saturated heterocycles. The van der Waals surface area contributed by atoms with Crippen molar-refractivity contribution in [2.75, 3.05) is 6.54 Å². The summed E-state index contributed by atoms with van der Waals surface area (Å²) in [6.45, 7) is 8.38. The lowest BCUT2D eigenvalue weighted by molar-refractivity contribution is -0.124. The Morgan fingerprint density at radius 3 is 2.70 bits per heavy atom. The van der Waals surface area contributed by atoms with E-state index in [1.165, 1.54) is 6.08 Å². The molecule has 0 aliphatic rings. The molecule has 0 saturated carbocycles. The van der Waals surface area contributed by atoms with Crippen LogP contribution in [0.5, 0.6) is 0 Å². The molecule has 7 heteroatoms. The molecule has 2 N–H and O–H groups in total. The third-order valence-electron chi connectivity index (χ3n) is 3.11. The van der Waals surface area contributed by atoms with Gasteiger partial charge in [0, 0.05) is 24.2 Å². The molecule has 0 aromatic carbocycles. The molecule has 1 aromatic heterocycles. The maximum atomic E-state index is 11.8. The topological polar surface area (TPSA) is 76.0 Å². The Morgan fingerprint density at radius 2 is 2.09 bits per heavy atom. The quantitative estimate of drug-likeness (QED) is 0.713. The fraction of sp³-hybridized carbons (Fsp3) is 0.562. The highest BCUT2D eigenvalue weighted by atomic mass is 35.5. The zero-order valence-corrected chi connectivity index (χ0v) is 14.9. The van der Waals surface area contributed by atoms with Gasteiger partial charge in [-0.3, -0.25) is 14.3 Å². The van der Waals surface area contributed by atoms with E-state index in [9.17, 15) is 9.59 Å². The van der Waals surface area contributed by atoms with Gasteiger partial charge >= 0.3 is 0 Å². The number of nitrogens with one attached hydrogen (secondary N) is 2. The van der Waals surface area contributed by atoms with Gasteiger partial charge in [-0.1, -0.05) is 24.9 Å². The van der Waals surface area contributed by atoms with E-state index < -0.39 is 0 Å². The Hall–Kier alpha value is -1.82. The third kappa shape index (κ3) is 6.44. The molecule has 0 unspecified atom stereocenters. The minimum Gasteiger partial charge on any atom is -0.352 e. The molecule has 0 aliphatic carbocycles. The van der Waals surface area contributed by atoms with Crippen molar-refractivity contribution in [3.63, 3.8) is 0 Å². The number of unbranched alkanes of at least 4 members (excludes halogenated alkanes) is 1. The van der Waals surface area contributed by atoms with Crippen molar-refractivity contribution in [1.29, 1.82) is 0 Å². The SMILES string of the molecule is CCCCn1nc(C)c(/C=C/C(=O)NCC(=O)NC(C)C)c1Cl. The molecule has 0 atom stereocenters. The number of amides is 2. The lowest BCUT2D eigenvalue weighted by Gasteiger charge is -2.08. The van der Waals surface area contributed by atoms with Crippen molar-refractivity contribution < 1.29 is 9.59 Å². The number of nitrogens with zero attached hydrogens (tertiary/aromatic N) is 2. The van der Waals surface area contributed by atoms with Crippen LogP contribution in [0.1, 0.15) is 44.9 Å². The second-order valence-electron chi connectivity index (χ2n) is 5.64. The average Bonchev–Trinajstić information content (AvgIpc) is 2.74. The van der Waals surface area contributed by atoms with Gasteiger partial charge in [-0.2, -0.15) is 5.10 Å². The van der Waals surface area contributed by atoms with E-state index in [-0.39, 0.29) is 24.4 Å². The van der Waals surface area contributed by atoms with Gasteiger partial charge in [-0.15, -0.1) is 0 Å². The highest BCUT2D eigenvalue weighted by Crippen LogP contribution is 2.21. The standard InChI is InChI=1S/C16H25ClN4O2/c1-5-6-9-21-16(17)13(12(4)20-21)7-8-14(22)18-10-15(23)19-11(2)3/h7-8,11H,5-6,9-10H2,1-4H3,(H,18,22)(H,19,23)/b8-7+. The maximum absolute atomic E-state index is 11.8. The molecule has 0 aliphatic heterocycles. The predicted octanol–water partition coefficient (Wildman–Crippen LogP) is 2.30. The Kier molecular flexibility index (Phi) is 7.81. The zero-order chi connectivity index (χ0) is 17.4. The van der Waals surface area contributed by atoms with Gasteiger partial charge in [0.1, 0.15) is 5.15 Å². The van der Waals surface area contributed by atoms with E-state index in [0.717, 1.165) is 30.6 Å². The summed E-state index contributed by atoms with van der Waals surface area (Å²) in [5, 5.41) is 10.1. The minimum absolute atomic E-state index is 0.0466. The van der Waals surface area contributed by atoms with Crippen LogP contribution in [-0.2, 0) is 16.1 Å². The van der Waals surface area contributed by atoms with E-state index in [1.807, 2.05) is 20.8 Å². The summed E-state index contributed by atoms with van der Waals surface area (Å²) in [7, 11) is 0. The molecule has 1 heterocycles. The first-order valence-corrected chi connectivity index (χ1v) is 8.21. The normalized spacial score (nSPS) is 11.2. The third-order valence-corrected chi connectivity index (χ3v) is 3.51. The molecule has 0 radical (unpaired) electrons. The van der Waals surface area contributed by atoms with Crippen LogP contribution in [-0.4, -0.2) is 34.2 Å². The Balaban J connectivity index is 2.61. The molecule has 2 amide bonds. The second kappa shape index (κ2) is 9.35. The van der Waals surface area contributed by atoms with Crippen molar-refractivity contribution in [2.45, 2.75) is 53.1 Å². The van der Waals surface area contributed by atoms with Crippen molar-refractivity contribution in [3.8, 4) is 0 Å². The largest absolute Gasteiger partial charge is 0.352 e. The van der Waals surface area contributed by atoms with Crippen LogP contribution in [0.3, 0.4) is 0 Å². The summed E-state index contributed by atoms with van der Waals surface area (Å²) in [5.74, 6) is -0.566. The van der Waals surface area contributed by atoms with Crippen molar-refractivity contribution in [1.82, 2.24) is 20.4 Å². The predicted molar refractivity (Wildman–Crippen MR) is 92.2 cm³/mol. The van der Waals surface area contributed by atoms with Crippen LogP contribution in [0.25, 0.3) is 6.08 Å². The lowest BCUT2D eigenvalue weighted by Crippen LogP contribution is -2.39. The molecule has 1 aromatic rings. The highest BCUT2D eigenvalue weighted by molar-refractivity contribution is 6.31. The summed E-state index contributed by atoms with van der Waals surface area (Å²) in [5.41, 5.74) is 1.50. The second-order valence-corrected chi connectivity index (χ2v) is 6.00. The molecule has 1 rings (SSSR count). The Bertz CT molecular complexity index is 579. The van der Waals surface area contributed by atoms with Crippen molar-refractivity contribution >= 4 is 29.5 Å². The number of carbonyl (C=O) groups is 2. The summed E-state index contributed by atoms with van der Waals surface area (Å²) in [6.07, 6.45) is 5.04. The summed E-state index contributed by atoms with van der Waals surface area (Å²) in [4.78, 5) is 23.2. The lowest BCUT2D eigenvalue weighted by atomic mass is 10.2. The van der Waals surface area contributed by atoms with Gasteiger partial charge < -0.3 is 10.6 Å². The number of aromatic nitrogens is 2. The summed E-state index contributed by atoms with van der Waals surface area (Å²) >= 11 is 6.29. The van der Waals surface area contributed by atoms with Crippen molar-refractivity contribution in [2.24, 2.45) is 0 Å². The van der Waals surface area contributed by atoms with E-state index in [4.69, 9.17) is 11.6 Å². The van der Waals surface area contributed by atoms with E-state index in [1.54, 1.807) is 10.8 Å². The fourth-order valence-corrected chi connectivity index (χ4v) is 2.29. The number of halogens is 1. The average molecular weight is 341 g/mol. The Morgan fingerprint density at radius 1 is 1.39 bits per heavy atom. The summed E-state index contributed by atoms with van der Waals surface area (Å²) in [6, 6.07) is 0.0466. The van der Waals surface area contributed by atoms with Crippen LogP contribution >= 0.6 is 11.6 Å². The summed E-state index contributed by atoms with van der Waals surface area (Å²) < 4.78 is 1.74. The van der Waals surface area contributed by atoms with E-state index in [0.29, 0.717) is 5.15 Å². The first kappa shape index (κ1) is 19.2. The monoisotopic (exact) mass is 340 g/mol. The van der Waals surface area contributed by atoms with Gasteiger partial charge in [-0.05, 0) is 33.3 Å². The number of hydrogen-bond acceptors (Lipinski definition) is 3. The number of aryl methyl sites for hydroxylation is 2. The molecule has 0 fully saturated rings. The van der Waals surface area contributed by atoms with Crippen LogP contribution < -0.4 is 10.6 Å². The van der Waals surface area contributed by atoms with E-state index in [2.05, 4.69) is 22.7 Å². The first-order chi connectivity index (χ1) is 10.8. The molecule has 0 bridgehead atoms. The molecular weight excluding hydrogens is 316 g/mol. The number of carbonyl (C=O) groups excluding carboxylic acids is 2. The molecule has 128 valence electrons. The van der Waals surface area contributed by atoms with Crippen molar-refractivity contribution in [3.05, 3.63) is 22.5 Å². The number of rotatable bonds is 8. The zero-order valence-electron chi connectivity index (χ0n) is 14.1. The first-order valence-electron chi connectivity index (χ1n) is 7.83. The smallest absolute Gasteiger partial charge is 0.244 e. The van der Waals surface area contributed by atoms with Crippen LogP contribution in [0.4, 0.5) is 0 Å². The highest BCUT2D eigenvalue weighted by Gasteiger charge is 2.11. The molecule has 6 nitrogen and oxygen atoms in total. The number of hydrogen-bond donors (Lipinski definition) is 2.